The summed E-state index contributed by atoms with van der Waals surface area (Å²) in [6.45, 7) is 0.134. The number of amides is 1. The number of likely N-dealkylation sites (N-methyl/N-ethyl adjacent to an activating group) is 1. The molecular formula is C10H20N2O2. The molecule has 0 radical (unpaired) electrons. The summed E-state index contributed by atoms with van der Waals surface area (Å²) in [6, 6.07) is 0.0992. The van der Waals surface area contributed by atoms with Crippen LogP contribution in [-0.4, -0.2) is 31.7 Å². The van der Waals surface area contributed by atoms with E-state index in [-0.39, 0.29) is 24.7 Å². The Hall–Kier alpha value is -0.610. The van der Waals surface area contributed by atoms with Gasteiger partial charge in [0.15, 0.2) is 0 Å². The predicted molar refractivity (Wildman–Crippen MR) is 54.9 cm³/mol. The van der Waals surface area contributed by atoms with Crippen molar-refractivity contribution in [3.05, 3.63) is 0 Å². The third-order valence-corrected chi connectivity index (χ3v) is 2.71. The number of hydrogen-bond acceptors (Lipinski definition) is 3. The van der Waals surface area contributed by atoms with Gasteiger partial charge in [0.05, 0.1) is 6.10 Å². The highest BCUT2D eigenvalue weighted by Gasteiger charge is 2.21. The van der Waals surface area contributed by atoms with Crippen LogP contribution < -0.4 is 11.1 Å². The Morgan fingerprint density at radius 1 is 1.43 bits per heavy atom. The number of rotatable bonds is 3. The number of carbonyl (C=O) groups is 1. The SMILES string of the molecule is CNC(=O)COC1CCCCCC1N. The number of hydrogen-bond donors (Lipinski definition) is 2. The fraction of sp³-hybridized carbons (Fsp3) is 0.900. The lowest BCUT2D eigenvalue weighted by atomic mass is 10.1. The van der Waals surface area contributed by atoms with Crippen molar-refractivity contribution in [2.45, 2.75) is 44.2 Å². The fourth-order valence-corrected chi connectivity index (χ4v) is 1.76. The van der Waals surface area contributed by atoms with Gasteiger partial charge in [0, 0.05) is 13.1 Å². The van der Waals surface area contributed by atoms with Gasteiger partial charge in [-0.15, -0.1) is 0 Å². The first kappa shape index (κ1) is 11.5. The lowest BCUT2D eigenvalue weighted by Crippen LogP contribution is -2.38. The zero-order chi connectivity index (χ0) is 10.4. The van der Waals surface area contributed by atoms with Gasteiger partial charge in [0.1, 0.15) is 6.61 Å². The zero-order valence-corrected chi connectivity index (χ0v) is 8.79. The van der Waals surface area contributed by atoms with Gasteiger partial charge in [0.25, 0.3) is 0 Å². The van der Waals surface area contributed by atoms with E-state index in [0.717, 1.165) is 19.3 Å². The highest BCUT2D eigenvalue weighted by molar-refractivity contribution is 5.76. The molecule has 0 bridgehead atoms. The maximum atomic E-state index is 11.0. The molecule has 0 spiro atoms. The highest BCUT2D eigenvalue weighted by Crippen LogP contribution is 2.18. The molecule has 1 rings (SSSR count). The van der Waals surface area contributed by atoms with Crippen LogP contribution in [0.5, 0.6) is 0 Å². The van der Waals surface area contributed by atoms with Gasteiger partial charge in [0.2, 0.25) is 5.91 Å². The van der Waals surface area contributed by atoms with Gasteiger partial charge in [-0.25, -0.2) is 0 Å². The quantitative estimate of drug-likeness (QED) is 0.648. The van der Waals surface area contributed by atoms with Crippen molar-refractivity contribution in [1.29, 1.82) is 0 Å². The molecule has 0 aliphatic heterocycles. The molecule has 1 fully saturated rings. The summed E-state index contributed by atoms with van der Waals surface area (Å²) in [5, 5.41) is 2.53. The molecule has 82 valence electrons. The first-order valence-corrected chi connectivity index (χ1v) is 5.32. The minimum atomic E-state index is -0.0820. The molecule has 14 heavy (non-hydrogen) atoms. The largest absolute Gasteiger partial charge is 0.367 e. The van der Waals surface area contributed by atoms with Crippen LogP contribution in [0.1, 0.15) is 32.1 Å². The molecule has 4 nitrogen and oxygen atoms in total. The molecule has 2 atom stereocenters. The second-order valence-electron chi connectivity index (χ2n) is 3.82. The second-order valence-corrected chi connectivity index (χ2v) is 3.82. The van der Waals surface area contributed by atoms with Gasteiger partial charge < -0.3 is 15.8 Å². The minimum absolute atomic E-state index is 0.0646. The van der Waals surface area contributed by atoms with E-state index in [1.54, 1.807) is 7.05 Å². The minimum Gasteiger partial charge on any atom is -0.367 e. The molecule has 1 amide bonds. The first-order valence-electron chi connectivity index (χ1n) is 5.32. The summed E-state index contributed by atoms with van der Waals surface area (Å²) >= 11 is 0. The maximum absolute atomic E-state index is 11.0. The Bertz CT molecular complexity index is 185. The number of carbonyl (C=O) groups excluding carboxylic acids is 1. The van der Waals surface area contributed by atoms with E-state index in [2.05, 4.69) is 5.32 Å². The van der Waals surface area contributed by atoms with Crippen molar-refractivity contribution in [1.82, 2.24) is 5.32 Å². The normalized spacial score (nSPS) is 28.1. The van der Waals surface area contributed by atoms with Crippen LogP contribution >= 0.6 is 0 Å². The summed E-state index contributed by atoms with van der Waals surface area (Å²) in [5.74, 6) is -0.0820. The van der Waals surface area contributed by atoms with Crippen LogP contribution in [0.15, 0.2) is 0 Å². The molecule has 1 aliphatic rings. The third kappa shape index (κ3) is 3.64. The molecule has 2 unspecified atom stereocenters. The molecule has 0 saturated heterocycles. The van der Waals surface area contributed by atoms with Crippen LogP contribution in [-0.2, 0) is 9.53 Å². The third-order valence-electron chi connectivity index (χ3n) is 2.71. The number of nitrogens with two attached hydrogens (primary N) is 1. The van der Waals surface area contributed by atoms with E-state index in [1.807, 2.05) is 0 Å². The summed E-state index contributed by atoms with van der Waals surface area (Å²) in [5.41, 5.74) is 5.95. The molecule has 0 heterocycles. The van der Waals surface area contributed by atoms with Gasteiger partial charge >= 0.3 is 0 Å². The Labute approximate surface area is 85.2 Å². The Morgan fingerprint density at radius 3 is 2.86 bits per heavy atom. The molecule has 4 heteroatoms. The van der Waals surface area contributed by atoms with E-state index in [0.29, 0.717) is 0 Å². The predicted octanol–water partition coefficient (Wildman–Crippen LogP) is 0.409. The van der Waals surface area contributed by atoms with E-state index in [9.17, 15) is 4.79 Å². The fourth-order valence-electron chi connectivity index (χ4n) is 1.76. The maximum Gasteiger partial charge on any atom is 0.245 e. The molecule has 3 N–H and O–H groups in total. The summed E-state index contributed by atoms with van der Waals surface area (Å²) in [7, 11) is 1.61. The standard InChI is InChI=1S/C10H20N2O2/c1-12-10(13)7-14-9-6-4-2-3-5-8(9)11/h8-9H,2-7,11H2,1H3,(H,12,13). The topological polar surface area (TPSA) is 64.3 Å². The number of ether oxygens (including phenoxy) is 1. The van der Waals surface area contributed by atoms with Gasteiger partial charge in [-0.3, -0.25) is 4.79 Å². The van der Waals surface area contributed by atoms with E-state index < -0.39 is 0 Å². The number of nitrogens with one attached hydrogen (secondary N) is 1. The smallest absolute Gasteiger partial charge is 0.245 e. The van der Waals surface area contributed by atoms with Crippen LogP contribution in [0.4, 0.5) is 0 Å². The lowest BCUT2D eigenvalue weighted by Gasteiger charge is -2.21. The zero-order valence-electron chi connectivity index (χ0n) is 8.79. The molecule has 1 aliphatic carbocycles. The van der Waals surface area contributed by atoms with Crippen molar-refractivity contribution in [3.63, 3.8) is 0 Å². The average Bonchev–Trinajstić information content (AvgIpc) is 2.39. The average molecular weight is 200 g/mol. The molecular weight excluding hydrogens is 180 g/mol. The van der Waals surface area contributed by atoms with E-state index in [1.165, 1.54) is 12.8 Å². The summed E-state index contributed by atoms with van der Waals surface area (Å²) in [4.78, 5) is 11.0. The monoisotopic (exact) mass is 200 g/mol. The van der Waals surface area contributed by atoms with E-state index in [4.69, 9.17) is 10.5 Å². The van der Waals surface area contributed by atoms with Gasteiger partial charge in [-0.2, -0.15) is 0 Å². The molecule has 1 saturated carbocycles. The van der Waals surface area contributed by atoms with E-state index >= 15 is 0 Å². The van der Waals surface area contributed by atoms with Crippen molar-refractivity contribution in [2.75, 3.05) is 13.7 Å². The summed E-state index contributed by atoms with van der Waals surface area (Å²) in [6.07, 6.45) is 5.63. The Morgan fingerprint density at radius 2 is 2.14 bits per heavy atom. The van der Waals surface area contributed by atoms with Gasteiger partial charge in [-0.05, 0) is 12.8 Å². The van der Waals surface area contributed by atoms with Crippen molar-refractivity contribution >= 4 is 5.91 Å². The van der Waals surface area contributed by atoms with Gasteiger partial charge in [-0.1, -0.05) is 19.3 Å². The van der Waals surface area contributed by atoms with Crippen LogP contribution in [0.2, 0.25) is 0 Å². The van der Waals surface area contributed by atoms with Crippen molar-refractivity contribution in [2.24, 2.45) is 5.73 Å². The van der Waals surface area contributed by atoms with Crippen molar-refractivity contribution < 1.29 is 9.53 Å². The highest BCUT2D eigenvalue weighted by atomic mass is 16.5. The van der Waals surface area contributed by atoms with Crippen LogP contribution in [0.25, 0.3) is 0 Å². The van der Waals surface area contributed by atoms with Crippen LogP contribution in [0.3, 0.4) is 0 Å². The Kier molecular flexibility index (Phi) is 4.90. The molecule has 0 aromatic heterocycles. The lowest BCUT2D eigenvalue weighted by molar-refractivity contribution is -0.127. The van der Waals surface area contributed by atoms with Crippen LogP contribution in [0, 0.1) is 0 Å². The second kappa shape index (κ2) is 5.98. The first-order chi connectivity index (χ1) is 6.74. The molecule has 0 aromatic rings. The summed E-state index contributed by atoms with van der Waals surface area (Å²) < 4.78 is 5.49. The van der Waals surface area contributed by atoms with Crippen molar-refractivity contribution in [3.8, 4) is 0 Å². The molecule has 0 aromatic carbocycles. The Balaban J connectivity index is 2.29.